The van der Waals surface area contributed by atoms with E-state index in [1.807, 2.05) is 37.3 Å². The van der Waals surface area contributed by atoms with E-state index in [1.165, 1.54) is 6.92 Å². The quantitative estimate of drug-likeness (QED) is 0.793. The first-order valence-corrected chi connectivity index (χ1v) is 5.87. The number of likely N-dealkylation sites (N-methyl/N-ethyl adjacent to an activating group) is 1. The van der Waals surface area contributed by atoms with Gasteiger partial charge in [-0.3, -0.25) is 14.9 Å². The lowest BCUT2D eigenvalue weighted by Gasteiger charge is -2.21. The van der Waals surface area contributed by atoms with E-state index in [0.29, 0.717) is 6.54 Å². The van der Waals surface area contributed by atoms with Gasteiger partial charge >= 0.3 is 5.97 Å². The largest absolute Gasteiger partial charge is 0.480 e. The number of para-hydroxylation sites is 1. The minimum atomic E-state index is -0.967. The Kier molecular flexibility index (Phi) is 5.32. The van der Waals surface area contributed by atoms with Crippen molar-refractivity contribution in [1.82, 2.24) is 5.32 Å². The van der Waals surface area contributed by atoms with Crippen LogP contribution < -0.4 is 10.2 Å². The third-order valence-electron chi connectivity index (χ3n) is 2.62. The Labute approximate surface area is 106 Å². The molecule has 2 N–H and O–H groups in total. The molecule has 0 aromatic heterocycles. The van der Waals surface area contributed by atoms with Crippen LogP contribution in [0.3, 0.4) is 0 Å². The van der Waals surface area contributed by atoms with Crippen molar-refractivity contribution in [1.29, 1.82) is 0 Å². The van der Waals surface area contributed by atoms with Crippen LogP contribution >= 0.6 is 0 Å². The lowest BCUT2D eigenvalue weighted by molar-refractivity contribution is -0.139. The van der Waals surface area contributed by atoms with Gasteiger partial charge in [-0.25, -0.2) is 0 Å². The fourth-order valence-electron chi connectivity index (χ4n) is 1.53. The first kappa shape index (κ1) is 14.2. The van der Waals surface area contributed by atoms with Crippen LogP contribution in [0, 0.1) is 0 Å². The highest BCUT2D eigenvalue weighted by molar-refractivity contribution is 5.95. The van der Waals surface area contributed by atoms with Gasteiger partial charge in [-0.15, -0.1) is 0 Å². The summed E-state index contributed by atoms with van der Waals surface area (Å²) in [7, 11) is 0. The average Bonchev–Trinajstić information content (AvgIpc) is 2.38. The van der Waals surface area contributed by atoms with Gasteiger partial charge in [0, 0.05) is 12.2 Å². The predicted octanol–water partition coefficient (Wildman–Crippen LogP) is 1.10. The normalized spacial score (nSPS) is 11.9. The highest BCUT2D eigenvalue weighted by Gasteiger charge is 2.16. The van der Waals surface area contributed by atoms with Crippen LogP contribution in [0.25, 0.3) is 0 Å². The van der Waals surface area contributed by atoms with Crippen LogP contribution in [-0.2, 0) is 9.59 Å². The molecule has 0 spiro atoms. The maximum absolute atomic E-state index is 12.0. The molecule has 1 atom stereocenters. The molecule has 0 bridgehead atoms. The van der Waals surface area contributed by atoms with Gasteiger partial charge in [-0.05, 0) is 26.0 Å². The zero-order valence-corrected chi connectivity index (χ0v) is 10.6. The molecule has 0 aliphatic carbocycles. The van der Waals surface area contributed by atoms with Gasteiger partial charge in [-0.2, -0.15) is 0 Å². The first-order valence-electron chi connectivity index (χ1n) is 5.87. The number of nitrogens with one attached hydrogen (secondary N) is 1. The lowest BCUT2D eigenvalue weighted by Crippen LogP contribution is -2.43. The Bertz CT molecular complexity index is 406. The molecule has 0 saturated heterocycles. The molecule has 98 valence electrons. The highest BCUT2D eigenvalue weighted by atomic mass is 16.4. The number of carbonyl (C=O) groups excluding carboxylic acids is 1. The molecular formula is C13H18N2O3. The Morgan fingerprint density at radius 3 is 2.44 bits per heavy atom. The van der Waals surface area contributed by atoms with E-state index in [9.17, 15) is 9.59 Å². The lowest BCUT2D eigenvalue weighted by atomic mass is 10.2. The summed E-state index contributed by atoms with van der Waals surface area (Å²) in [6.07, 6.45) is 0. The Hall–Kier alpha value is -1.88. The Balaban J connectivity index is 2.61. The third-order valence-corrected chi connectivity index (χ3v) is 2.62. The van der Waals surface area contributed by atoms with E-state index in [0.717, 1.165) is 5.69 Å². The predicted molar refractivity (Wildman–Crippen MR) is 69.6 cm³/mol. The Morgan fingerprint density at radius 1 is 1.33 bits per heavy atom. The van der Waals surface area contributed by atoms with E-state index in [4.69, 9.17) is 5.11 Å². The summed E-state index contributed by atoms with van der Waals surface area (Å²) in [5.74, 6) is -1.11. The van der Waals surface area contributed by atoms with Crippen molar-refractivity contribution >= 4 is 17.6 Å². The zero-order valence-electron chi connectivity index (χ0n) is 10.6. The maximum atomic E-state index is 12.0. The highest BCUT2D eigenvalue weighted by Crippen LogP contribution is 2.12. The summed E-state index contributed by atoms with van der Waals surface area (Å²) in [6.45, 7) is 3.95. The summed E-state index contributed by atoms with van der Waals surface area (Å²) in [6, 6.07) is 8.57. The summed E-state index contributed by atoms with van der Waals surface area (Å²) in [4.78, 5) is 24.2. The molecule has 1 amide bonds. The molecule has 0 radical (unpaired) electrons. The fourth-order valence-corrected chi connectivity index (χ4v) is 1.53. The molecule has 5 nitrogen and oxygen atoms in total. The van der Waals surface area contributed by atoms with Gasteiger partial charge in [0.25, 0.3) is 0 Å². The Morgan fingerprint density at radius 2 is 1.94 bits per heavy atom. The van der Waals surface area contributed by atoms with E-state index in [1.54, 1.807) is 4.90 Å². The average molecular weight is 250 g/mol. The molecule has 5 heteroatoms. The van der Waals surface area contributed by atoms with Crippen LogP contribution in [-0.4, -0.2) is 36.1 Å². The number of hydrogen-bond acceptors (Lipinski definition) is 3. The SMILES string of the molecule is CCN(C(=O)CNC(C)C(=O)O)c1ccccc1. The smallest absolute Gasteiger partial charge is 0.320 e. The van der Waals surface area contributed by atoms with Gasteiger partial charge in [0.05, 0.1) is 6.54 Å². The van der Waals surface area contributed by atoms with Gasteiger partial charge < -0.3 is 10.0 Å². The monoisotopic (exact) mass is 250 g/mol. The second-order valence-electron chi connectivity index (χ2n) is 3.91. The van der Waals surface area contributed by atoms with Crippen molar-refractivity contribution in [3.63, 3.8) is 0 Å². The second kappa shape index (κ2) is 6.76. The number of hydrogen-bond donors (Lipinski definition) is 2. The van der Waals surface area contributed by atoms with Gasteiger partial charge in [0.2, 0.25) is 5.91 Å². The molecule has 0 aliphatic heterocycles. The van der Waals surface area contributed by atoms with Crippen molar-refractivity contribution in [3.05, 3.63) is 30.3 Å². The zero-order chi connectivity index (χ0) is 13.5. The van der Waals surface area contributed by atoms with Gasteiger partial charge in [0.15, 0.2) is 0 Å². The van der Waals surface area contributed by atoms with Gasteiger partial charge in [-0.1, -0.05) is 18.2 Å². The number of nitrogens with zero attached hydrogens (tertiary/aromatic N) is 1. The van der Waals surface area contributed by atoms with Crippen LogP contribution in [0.5, 0.6) is 0 Å². The molecule has 0 aliphatic rings. The maximum Gasteiger partial charge on any atom is 0.320 e. The van der Waals surface area contributed by atoms with Gasteiger partial charge in [0.1, 0.15) is 6.04 Å². The summed E-state index contributed by atoms with van der Waals surface area (Å²) < 4.78 is 0. The topological polar surface area (TPSA) is 69.6 Å². The van der Waals surface area contributed by atoms with E-state index >= 15 is 0 Å². The molecule has 1 aromatic rings. The van der Waals surface area contributed by atoms with E-state index < -0.39 is 12.0 Å². The molecule has 18 heavy (non-hydrogen) atoms. The number of benzene rings is 1. The van der Waals surface area contributed by atoms with Crippen molar-refractivity contribution in [3.8, 4) is 0 Å². The third kappa shape index (κ3) is 3.85. The minimum absolute atomic E-state index is 0.0101. The van der Waals surface area contributed by atoms with E-state index in [2.05, 4.69) is 5.32 Å². The summed E-state index contributed by atoms with van der Waals surface area (Å²) in [5.41, 5.74) is 0.815. The number of anilines is 1. The van der Waals surface area contributed by atoms with Crippen LogP contribution in [0.4, 0.5) is 5.69 Å². The summed E-state index contributed by atoms with van der Waals surface area (Å²) >= 11 is 0. The van der Waals surface area contributed by atoms with Crippen molar-refractivity contribution in [2.45, 2.75) is 19.9 Å². The summed E-state index contributed by atoms with van der Waals surface area (Å²) in [5, 5.41) is 11.4. The fraction of sp³-hybridized carbons (Fsp3) is 0.385. The number of rotatable bonds is 6. The molecule has 0 heterocycles. The molecule has 0 saturated carbocycles. The van der Waals surface area contributed by atoms with Crippen LogP contribution in [0.15, 0.2) is 30.3 Å². The molecular weight excluding hydrogens is 232 g/mol. The first-order chi connectivity index (χ1) is 8.56. The van der Waals surface area contributed by atoms with E-state index in [-0.39, 0.29) is 12.5 Å². The number of amides is 1. The van der Waals surface area contributed by atoms with Crippen LogP contribution in [0.1, 0.15) is 13.8 Å². The van der Waals surface area contributed by atoms with Crippen LogP contribution in [0.2, 0.25) is 0 Å². The number of aliphatic carboxylic acids is 1. The standard InChI is InChI=1S/C13H18N2O3/c1-3-15(11-7-5-4-6-8-11)12(16)9-14-10(2)13(17)18/h4-8,10,14H,3,9H2,1-2H3,(H,17,18). The second-order valence-corrected chi connectivity index (χ2v) is 3.91. The number of carboxylic acids is 1. The van der Waals surface area contributed by atoms with Crippen molar-refractivity contribution < 1.29 is 14.7 Å². The number of carbonyl (C=O) groups is 2. The number of carboxylic acid groups (broad SMARTS) is 1. The molecule has 1 aromatic carbocycles. The van der Waals surface area contributed by atoms with Crippen molar-refractivity contribution in [2.24, 2.45) is 0 Å². The van der Waals surface area contributed by atoms with Crippen molar-refractivity contribution in [2.75, 3.05) is 18.0 Å². The minimum Gasteiger partial charge on any atom is -0.480 e. The molecule has 1 unspecified atom stereocenters. The molecule has 0 fully saturated rings. The molecule has 1 rings (SSSR count).